The second kappa shape index (κ2) is 8.93. The zero-order chi connectivity index (χ0) is 10.8. The fourth-order valence-electron chi connectivity index (χ4n) is 1.20. The van der Waals surface area contributed by atoms with Crippen LogP contribution in [0, 0.1) is 0 Å². The van der Waals surface area contributed by atoms with Crippen molar-refractivity contribution in [3.05, 3.63) is 0 Å². The van der Waals surface area contributed by atoms with Gasteiger partial charge in [-0.05, 0) is 6.42 Å². The predicted molar refractivity (Wildman–Crippen MR) is 54.2 cm³/mol. The molecule has 84 valence electrons. The summed E-state index contributed by atoms with van der Waals surface area (Å²) in [5.41, 5.74) is 5.42. The molecule has 0 spiro atoms. The number of methoxy groups -OCH3 is 1. The molecule has 0 unspecified atom stereocenters. The lowest BCUT2D eigenvalue weighted by atomic mass is 10.3. The van der Waals surface area contributed by atoms with E-state index in [2.05, 4.69) is 0 Å². The Morgan fingerprint density at radius 1 is 1.43 bits per heavy atom. The lowest BCUT2D eigenvalue weighted by molar-refractivity contribution is -0.137. The summed E-state index contributed by atoms with van der Waals surface area (Å²) >= 11 is 0. The molecule has 0 bridgehead atoms. The van der Waals surface area contributed by atoms with Crippen LogP contribution in [0.3, 0.4) is 0 Å². The van der Waals surface area contributed by atoms with Crippen LogP contribution in [0.5, 0.6) is 0 Å². The molecule has 0 atom stereocenters. The zero-order valence-corrected chi connectivity index (χ0v) is 8.74. The predicted octanol–water partition coefficient (Wildman–Crippen LogP) is -0.242. The third kappa shape index (κ3) is 7.97. The first kappa shape index (κ1) is 13.4. The molecular weight excluding hydrogens is 184 g/mol. The van der Waals surface area contributed by atoms with Crippen molar-refractivity contribution in [2.45, 2.75) is 12.8 Å². The largest absolute Gasteiger partial charge is 0.481 e. The smallest absolute Gasteiger partial charge is 0.304 e. The lowest BCUT2D eigenvalue weighted by Crippen LogP contribution is -2.32. The molecule has 0 saturated carbocycles. The van der Waals surface area contributed by atoms with Crippen molar-refractivity contribution in [3.8, 4) is 0 Å². The number of carbonyl (C=O) groups is 1. The summed E-state index contributed by atoms with van der Waals surface area (Å²) in [6.45, 7) is 3.42. The van der Waals surface area contributed by atoms with Crippen molar-refractivity contribution in [2.75, 3.05) is 39.9 Å². The number of nitrogens with two attached hydrogens (primary N) is 1. The number of hydrogen-bond donors (Lipinski definition) is 2. The third-order valence-corrected chi connectivity index (χ3v) is 1.91. The van der Waals surface area contributed by atoms with Gasteiger partial charge in [-0.15, -0.1) is 0 Å². The Morgan fingerprint density at radius 2 is 2.14 bits per heavy atom. The van der Waals surface area contributed by atoms with Crippen molar-refractivity contribution >= 4 is 5.97 Å². The molecule has 5 heteroatoms. The normalized spacial score (nSPS) is 10.8. The van der Waals surface area contributed by atoms with E-state index in [1.165, 1.54) is 0 Å². The summed E-state index contributed by atoms with van der Waals surface area (Å²) in [7, 11) is 1.66. The maximum Gasteiger partial charge on any atom is 0.304 e. The minimum absolute atomic E-state index is 0.174. The second-order valence-electron chi connectivity index (χ2n) is 3.12. The highest BCUT2D eigenvalue weighted by Gasteiger charge is 2.05. The van der Waals surface area contributed by atoms with Crippen LogP contribution in [0.4, 0.5) is 0 Å². The molecule has 5 nitrogen and oxygen atoms in total. The Bertz CT molecular complexity index is 153. The van der Waals surface area contributed by atoms with E-state index in [-0.39, 0.29) is 6.42 Å². The molecule has 0 amide bonds. The van der Waals surface area contributed by atoms with Crippen LogP contribution in [-0.2, 0) is 9.53 Å². The van der Waals surface area contributed by atoms with Gasteiger partial charge in [0.2, 0.25) is 0 Å². The first-order valence-corrected chi connectivity index (χ1v) is 4.84. The maximum atomic E-state index is 10.4. The molecule has 0 fully saturated rings. The number of hydrogen-bond acceptors (Lipinski definition) is 4. The van der Waals surface area contributed by atoms with Gasteiger partial charge in [-0.25, -0.2) is 0 Å². The van der Waals surface area contributed by atoms with Crippen LogP contribution in [0.2, 0.25) is 0 Å². The molecule has 0 aliphatic heterocycles. The van der Waals surface area contributed by atoms with E-state index in [1.807, 2.05) is 4.90 Å². The Morgan fingerprint density at radius 3 is 2.64 bits per heavy atom. The summed E-state index contributed by atoms with van der Waals surface area (Å²) in [5.74, 6) is -0.765. The summed E-state index contributed by atoms with van der Waals surface area (Å²) in [6, 6.07) is 0. The standard InChI is InChI=1S/C9H20N2O3/c1-14-8-2-5-11(7-4-10)6-3-9(12)13/h2-8,10H2,1H3,(H,12,13). The molecule has 14 heavy (non-hydrogen) atoms. The summed E-state index contributed by atoms with van der Waals surface area (Å²) in [6.07, 6.45) is 1.09. The molecule has 0 aliphatic carbocycles. The van der Waals surface area contributed by atoms with E-state index in [0.29, 0.717) is 19.7 Å². The number of aliphatic carboxylic acids is 1. The first-order valence-electron chi connectivity index (χ1n) is 4.84. The molecule has 0 radical (unpaired) electrons. The van der Waals surface area contributed by atoms with Gasteiger partial charge in [0.1, 0.15) is 0 Å². The summed E-state index contributed by atoms with van der Waals surface area (Å²) in [4.78, 5) is 12.4. The highest BCUT2D eigenvalue weighted by Crippen LogP contribution is 1.94. The summed E-state index contributed by atoms with van der Waals surface area (Å²) < 4.78 is 4.92. The Balaban J connectivity index is 3.59. The number of rotatable bonds is 9. The van der Waals surface area contributed by atoms with Crippen LogP contribution in [0.15, 0.2) is 0 Å². The van der Waals surface area contributed by atoms with Gasteiger partial charge >= 0.3 is 5.97 Å². The van der Waals surface area contributed by atoms with Crippen LogP contribution >= 0.6 is 0 Å². The monoisotopic (exact) mass is 204 g/mol. The second-order valence-corrected chi connectivity index (χ2v) is 3.12. The van der Waals surface area contributed by atoms with Gasteiger partial charge < -0.3 is 20.5 Å². The van der Waals surface area contributed by atoms with Crippen molar-refractivity contribution < 1.29 is 14.6 Å². The van der Waals surface area contributed by atoms with Gasteiger partial charge in [0.05, 0.1) is 6.42 Å². The van der Waals surface area contributed by atoms with E-state index in [4.69, 9.17) is 15.6 Å². The third-order valence-electron chi connectivity index (χ3n) is 1.91. The van der Waals surface area contributed by atoms with Crippen LogP contribution in [0.1, 0.15) is 12.8 Å². The van der Waals surface area contributed by atoms with Gasteiger partial charge in [-0.1, -0.05) is 0 Å². The van der Waals surface area contributed by atoms with E-state index in [0.717, 1.165) is 19.5 Å². The highest BCUT2D eigenvalue weighted by atomic mass is 16.5. The van der Waals surface area contributed by atoms with Crippen molar-refractivity contribution in [3.63, 3.8) is 0 Å². The van der Waals surface area contributed by atoms with Crippen LogP contribution < -0.4 is 5.73 Å². The van der Waals surface area contributed by atoms with Crippen molar-refractivity contribution in [1.29, 1.82) is 0 Å². The highest BCUT2D eigenvalue weighted by molar-refractivity contribution is 5.66. The average Bonchev–Trinajstić information content (AvgIpc) is 2.14. The minimum Gasteiger partial charge on any atom is -0.481 e. The molecule has 0 aromatic carbocycles. The average molecular weight is 204 g/mol. The number of ether oxygens (including phenoxy) is 1. The molecule has 3 N–H and O–H groups in total. The SMILES string of the molecule is COCCCN(CCN)CCC(=O)O. The van der Waals surface area contributed by atoms with E-state index < -0.39 is 5.97 Å². The molecule has 0 aliphatic rings. The maximum absolute atomic E-state index is 10.4. The molecule has 0 rings (SSSR count). The van der Waals surface area contributed by atoms with Crippen LogP contribution in [0.25, 0.3) is 0 Å². The van der Waals surface area contributed by atoms with Crippen molar-refractivity contribution in [2.24, 2.45) is 5.73 Å². The minimum atomic E-state index is -0.765. The summed E-state index contributed by atoms with van der Waals surface area (Å²) in [5, 5.41) is 8.52. The topological polar surface area (TPSA) is 75.8 Å². The van der Waals surface area contributed by atoms with Gasteiger partial charge in [-0.2, -0.15) is 0 Å². The quantitative estimate of drug-likeness (QED) is 0.507. The van der Waals surface area contributed by atoms with Crippen LogP contribution in [-0.4, -0.2) is 55.9 Å². The fraction of sp³-hybridized carbons (Fsp3) is 0.889. The molecular formula is C9H20N2O3. The lowest BCUT2D eigenvalue weighted by Gasteiger charge is -2.20. The fourth-order valence-corrected chi connectivity index (χ4v) is 1.20. The Labute approximate surface area is 84.8 Å². The molecule has 0 heterocycles. The molecule has 0 aromatic heterocycles. The van der Waals surface area contributed by atoms with Gasteiger partial charge in [0.15, 0.2) is 0 Å². The zero-order valence-electron chi connectivity index (χ0n) is 8.74. The number of carboxylic acids is 1. The molecule has 0 saturated heterocycles. The Hall–Kier alpha value is -0.650. The first-order chi connectivity index (χ1) is 6.70. The van der Waals surface area contributed by atoms with Gasteiger partial charge in [0.25, 0.3) is 0 Å². The van der Waals surface area contributed by atoms with E-state index in [9.17, 15) is 4.79 Å². The molecule has 0 aromatic rings. The van der Waals surface area contributed by atoms with E-state index in [1.54, 1.807) is 7.11 Å². The van der Waals surface area contributed by atoms with Gasteiger partial charge in [0, 0.05) is 39.9 Å². The van der Waals surface area contributed by atoms with Crippen molar-refractivity contribution in [1.82, 2.24) is 4.90 Å². The Kier molecular flexibility index (Phi) is 8.51. The number of nitrogens with zero attached hydrogens (tertiary/aromatic N) is 1. The van der Waals surface area contributed by atoms with Gasteiger partial charge in [-0.3, -0.25) is 4.79 Å². The number of carboxylic acid groups (broad SMARTS) is 1. The van der Waals surface area contributed by atoms with E-state index >= 15 is 0 Å².